The topological polar surface area (TPSA) is 47.0 Å². The molecule has 0 fully saturated rings. The van der Waals surface area contributed by atoms with Crippen molar-refractivity contribution in [3.8, 4) is 0 Å². The van der Waals surface area contributed by atoms with Gasteiger partial charge in [-0.3, -0.25) is 4.79 Å². The highest BCUT2D eigenvalue weighted by Crippen LogP contribution is 1.90. The number of hydrogen-bond donors (Lipinski definition) is 1. The lowest BCUT2D eigenvalue weighted by Gasteiger charge is -1.89. The van der Waals surface area contributed by atoms with Crippen LogP contribution in [0.25, 0.3) is 0 Å². The van der Waals surface area contributed by atoms with Gasteiger partial charge in [0.25, 0.3) is 0 Å². The SMILES string of the molecule is C[n+]1ccc(C(N)=O)cc1.[I-]. The van der Waals surface area contributed by atoms with Crippen LogP contribution in [0.15, 0.2) is 24.5 Å². The monoisotopic (exact) mass is 264 g/mol. The molecule has 1 rings (SSSR count). The molecule has 0 spiro atoms. The fraction of sp³-hybridized carbons (Fsp3) is 0.143. The third-order valence-electron chi connectivity index (χ3n) is 1.26. The summed E-state index contributed by atoms with van der Waals surface area (Å²) in [5, 5.41) is 0. The van der Waals surface area contributed by atoms with Crippen molar-refractivity contribution in [2.45, 2.75) is 0 Å². The fourth-order valence-corrected chi connectivity index (χ4v) is 0.665. The number of aryl methyl sites for hydroxylation is 1. The van der Waals surface area contributed by atoms with E-state index in [2.05, 4.69) is 0 Å². The molecule has 4 heteroatoms. The molecule has 0 saturated heterocycles. The van der Waals surface area contributed by atoms with E-state index in [1.807, 2.05) is 11.6 Å². The van der Waals surface area contributed by atoms with E-state index >= 15 is 0 Å². The van der Waals surface area contributed by atoms with Crippen molar-refractivity contribution < 1.29 is 33.3 Å². The number of halogens is 1. The number of hydrogen-bond acceptors (Lipinski definition) is 1. The third-order valence-corrected chi connectivity index (χ3v) is 1.26. The van der Waals surface area contributed by atoms with Crippen molar-refractivity contribution in [1.29, 1.82) is 0 Å². The van der Waals surface area contributed by atoms with Crippen LogP contribution in [0.1, 0.15) is 10.4 Å². The van der Waals surface area contributed by atoms with E-state index in [4.69, 9.17) is 5.73 Å². The number of nitrogens with two attached hydrogens (primary N) is 1. The van der Waals surface area contributed by atoms with Crippen LogP contribution in [-0.4, -0.2) is 5.91 Å². The Morgan fingerprint density at radius 1 is 1.45 bits per heavy atom. The van der Waals surface area contributed by atoms with Gasteiger partial charge in [0.2, 0.25) is 5.91 Å². The van der Waals surface area contributed by atoms with Gasteiger partial charge in [-0.2, -0.15) is 0 Å². The first-order valence-corrected chi connectivity index (χ1v) is 2.95. The maximum absolute atomic E-state index is 10.5. The summed E-state index contributed by atoms with van der Waals surface area (Å²) in [6, 6.07) is 3.37. The molecule has 60 valence electrons. The molecule has 11 heavy (non-hydrogen) atoms. The second-order valence-corrected chi connectivity index (χ2v) is 2.12. The Bertz CT molecular complexity index is 245. The van der Waals surface area contributed by atoms with Crippen LogP contribution < -0.4 is 34.3 Å². The predicted molar refractivity (Wildman–Crippen MR) is 36.1 cm³/mol. The van der Waals surface area contributed by atoms with Crippen molar-refractivity contribution >= 4 is 5.91 Å². The van der Waals surface area contributed by atoms with Gasteiger partial charge in [0.1, 0.15) is 7.05 Å². The van der Waals surface area contributed by atoms with Crippen LogP contribution in [0.4, 0.5) is 0 Å². The zero-order valence-electron chi connectivity index (χ0n) is 6.12. The lowest BCUT2D eigenvalue weighted by atomic mass is 10.2. The van der Waals surface area contributed by atoms with Crippen molar-refractivity contribution in [1.82, 2.24) is 0 Å². The second kappa shape index (κ2) is 4.27. The lowest BCUT2D eigenvalue weighted by Crippen LogP contribution is -3.00. The smallest absolute Gasteiger partial charge is 0.249 e. The maximum atomic E-state index is 10.5. The molecule has 0 bridgehead atoms. The zero-order chi connectivity index (χ0) is 7.56. The highest BCUT2D eigenvalue weighted by molar-refractivity contribution is 5.92. The summed E-state index contributed by atoms with van der Waals surface area (Å²) in [6.45, 7) is 0. The Labute approximate surface area is 82.2 Å². The quantitative estimate of drug-likeness (QED) is 0.417. The molecule has 1 aromatic rings. The van der Waals surface area contributed by atoms with Crippen LogP contribution in [0.2, 0.25) is 0 Å². The molecular weight excluding hydrogens is 255 g/mol. The number of carbonyl (C=O) groups is 1. The summed E-state index contributed by atoms with van der Waals surface area (Å²) < 4.78 is 1.84. The molecule has 0 radical (unpaired) electrons. The molecule has 0 atom stereocenters. The number of aromatic nitrogens is 1. The fourth-order valence-electron chi connectivity index (χ4n) is 0.665. The molecule has 0 aliphatic rings. The number of amides is 1. The number of rotatable bonds is 1. The van der Waals surface area contributed by atoms with Crippen molar-refractivity contribution in [2.75, 3.05) is 0 Å². The van der Waals surface area contributed by atoms with Gasteiger partial charge >= 0.3 is 0 Å². The molecule has 2 N–H and O–H groups in total. The average molecular weight is 264 g/mol. The van der Waals surface area contributed by atoms with Gasteiger partial charge in [0.05, 0.1) is 5.56 Å². The Balaban J connectivity index is 0.000001000. The van der Waals surface area contributed by atoms with E-state index in [0.29, 0.717) is 5.56 Å². The number of primary amides is 1. The summed E-state index contributed by atoms with van der Waals surface area (Å²) in [5.74, 6) is -0.388. The van der Waals surface area contributed by atoms with Crippen LogP contribution in [-0.2, 0) is 7.05 Å². The van der Waals surface area contributed by atoms with Gasteiger partial charge in [0, 0.05) is 12.1 Å². The molecule has 0 aromatic carbocycles. The van der Waals surface area contributed by atoms with Crippen molar-refractivity contribution in [3.05, 3.63) is 30.1 Å². The molecule has 0 aliphatic heterocycles. The minimum atomic E-state index is -0.388. The second-order valence-electron chi connectivity index (χ2n) is 2.12. The van der Waals surface area contributed by atoms with E-state index in [1.165, 1.54) is 0 Å². The predicted octanol–water partition coefficient (Wildman–Crippen LogP) is -3.39. The van der Waals surface area contributed by atoms with Gasteiger partial charge in [-0.1, -0.05) is 0 Å². The normalized spacial score (nSPS) is 8.45. The third kappa shape index (κ3) is 2.83. The van der Waals surface area contributed by atoms with E-state index < -0.39 is 0 Å². The Morgan fingerprint density at radius 2 is 1.91 bits per heavy atom. The summed E-state index contributed by atoms with van der Waals surface area (Å²) in [7, 11) is 1.88. The summed E-state index contributed by atoms with van der Waals surface area (Å²) >= 11 is 0. The summed E-state index contributed by atoms with van der Waals surface area (Å²) in [4.78, 5) is 10.5. The molecule has 0 saturated carbocycles. The van der Waals surface area contributed by atoms with Gasteiger partial charge in [-0.25, -0.2) is 4.57 Å². The largest absolute Gasteiger partial charge is 1.00 e. The maximum Gasteiger partial charge on any atom is 0.249 e. The molecule has 1 amide bonds. The van der Waals surface area contributed by atoms with Crippen LogP contribution in [0, 0.1) is 0 Å². The zero-order valence-corrected chi connectivity index (χ0v) is 8.28. The Kier molecular flexibility index (Phi) is 4.02. The van der Waals surface area contributed by atoms with Gasteiger partial charge in [-0.05, 0) is 0 Å². The first-order valence-electron chi connectivity index (χ1n) is 2.95. The first-order chi connectivity index (χ1) is 4.70. The molecule has 3 nitrogen and oxygen atoms in total. The van der Waals surface area contributed by atoms with Gasteiger partial charge < -0.3 is 29.7 Å². The van der Waals surface area contributed by atoms with Crippen molar-refractivity contribution in [3.63, 3.8) is 0 Å². The van der Waals surface area contributed by atoms with E-state index in [-0.39, 0.29) is 29.9 Å². The Morgan fingerprint density at radius 3 is 2.27 bits per heavy atom. The van der Waals surface area contributed by atoms with E-state index in [0.717, 1.165) is 0 Å². The minimum absolute atomic E-state index is 0. The number of carbonyl (C=O) groups excluding carboxylic acids is 1. The number of nitrogens with zero attached hydrogens (tertiary/aromatic N) is 1. The Hall–Kier alpha value is -0.650. The van der Waals surface area contributed by atoms with Crippen molar-refractivity contribution in [2.24, 2.45) is 12.8 Å². The van der Waals surface area contributed by atoms with Crippen LogP contribution in [0.5, 0.6) is 0 Å². The molecular formula is C7H9IN2O. The minimum Gasteiger partial charge on any atom is -1.00 e. The molecule has 0 aliphatic carbocycles. The lowest BCUT2D eigenvalue weighted by molar-refractivity contribution is -0.671. The van der Waals surface area contributed by atoms with E-state index in [9.17, 15) is 4.79 Å². The highest BCUT2D eigenvalue weighted by Gasteiger charge is 1.99. The molecule has 1 aromatic heterocycles. The molecule has 1 heterocycles. The van der Waals surface area contributed by atoms with Gasteiger partial charge in [0.15, 0.2) is 12.4 Å². The van der Waals surface area contributed by atoms with Gasteiger partial charge in [-0.15, -0.1) is 0 Å². The van der Waals surface area contributed by atoms with E-state index in [1.54, 1.807) is 24.5 Å². The number of pyridine rings is 1. The van der Waals surface area contributed by atoms with Crippen LogP contribution in [0.3, 0.4) is 0 Å². The molecule has 0 unspecified atom stereocenters. The van der Waals surface area contributed by atoms with Crippen LogP contribution >= 0.6 is 0 Å². The highest BCUT2D eigenvalue weighted by atomic mass is 127. The average Bonchev–Trinajstić information content (AvgIpc) is 1.88. The summed E-state index contributed by atoms with van der Waals surface area (Å²) in [5.41, 5.74) is 5.56. The summed E-state index contributed by atoms with van der Waals surface area (Å²) in [6.07, 6.45) is 3.56. The standard InChI is InChI=1S/C7H8N2O.HI/c1-9-4-2-6(3-5-9)7(8)10;/h2-5H,1H3,(H-,8,10);1H. The first kappa shape index (κ1) is 10.3.